The van der Waals surface area contributed by atoms with Gasteiger partial charge in [-0.15, -0.1) is 0 Å². The Bertz CT molecular complexity index is 265. The van der Waals surface area contributed by atoms with Crippen LogP contribution in [-0.2, 0) is 11.3 Å². The van der Waals surface area contributed by atoms with Gasteiger partial charge in [0.05, 0.1) is 6.61 Å². The molecule has 0 fully saturated rings. The third-order valence-corrected chi connectivity index (χ3v) is 2.49. The van der Waals surface area contributed by atoms with Crippen LogP contribution in [0.5, 0.6) is 0 Å². The van der Waals surface area contributed by atoms with Crippen molar-refractivity contribution in [3.8, 4) is 0 Å². The number of ether oxygens (including phenoxy) is 1. The lowest BCUT2D eigenvalue weighted by atomic mass is 10.2. The van der Waals surface area contributed by atoms with E-state index in [2.05, 4.69) is 35.8 Å². The maximum absolute atomic E-state index is 5.08. The Hall–Kier alpha value is -0.670. The van der Waals surface area contributed by atoms with Crippen LogP contribution in [-0.4, -0.2) is 25.7 Å². The van der Waals surface area contributed by atoms with Crippen LogP contribution in [0.25, 0.3) is 0 Å². The smallest absolute Gasteiger partial charge is 0.0713 e. The minimum absolute atomic E-state index is 0.679. The lowest BCUT2D eigenvalue weighted by Crippen LogP contribution is -2.03. The first kappa shape index (κ1) is 11.4. The molecule has 0 saturated heterocycles. The van der Waals surface area contributed by atoms with E-state index in [1.165, 1.54) is 11.3 Å². The van der Waals surface area contributed by atoms with E-state index < -0.39 is 0 Å². The quantitative estimate of drug-likeness (QED) is 0.731. The van der Waals surface area contributed by atoms with Gasteiger partial charge >= 0.3 is 0 Å². The highest BCUT2D eigenvalue weighted by Gasteiger charge is 1.94. The zero-order valence-electron chi connectivity index (χ0n) is 8.75. The molecule has 1 aromatic rings. The van der Waals surface area contributed by atoms with Crippen molar-refractivity contribution >= 4 is 17.4 Å². The van der Waals surface area contributed by atoms with Crippen LogP contribution >= 0.6 is 11.8 Å². The molecule has 78 valence electrons. The molecule has 0 aliphatic carbocycles. The summed E-state index contributed by atoms with van der Waals surface area (Å²) < 4.78 is 5.08. The summed E-state index contributed by atoms with van der Waals surface area (Å²) in [6, 6.07) is 8.34. The third kappa shape index (κ3) is 4.03. The Kier molecular flexibility index (Phi) is 5.49. The molecule has 0 amide bonds. The van der Waals surface area contributed by atoms with Gasteiger partial charge in [0.1, 0.15) is 0 Å². The molecule has 0 heterocycles. The standard InChI is InChI=1S/C11H17NOS/c1-13-9-10-4-3-5-11(8-10)12-6-7-14-2/h3-5,8,12H,6-7,9H2,1-2H3. The SMILES string of the molecule is COCc1cccc(NCCSC)c1. The summed E-state index contributed by atoms with van der Waals surface area (Å²) in [5.74, 6) is 1.13. The normalized spacial score (nSPS) is 10.1. The fourth-order valence-electron chi connectivity index (χ4n) is 1.24. The van der Waals surface area contributed by atoms with Crippen molar-refractivity contribution in [1.82, 2.24) is 0 Å². The molecule has 0 bridgehead atoms. The van der Waals surface area contributed by atoms with E-state index in [0.717, 1.165) is 12.3 Å². The summed E-state index contributed by atoms with van der Waals surface area (Å²) in [4.78, 5) is 0. The number of rotatable bonds is 6. The van der Waals surface area contributed by atoms with Crippen LogP contribution < -0.4 is 5.32 Å². The van der Waals surface area contributed by atoms with Gasteiger partial charge in [-0.25, -0.2) is 0 Å². The Labute approximate surface area is 90.0 Å². The second-order valence-corrected chi connectivity index (χ2v) is 4.04. The first-order chi connectivity index (χ1) is 6.86. The van der Waals surface area contributed by atoms with Gasteiger partial charge in [-0.3, -0.25) is 0 Å². The number of benzene rings is 1. The topological polar surface area (TPSA) is 21.3 Å². The summed E-state index contributed by atoms with van der Waals surface area (Å²) in [6.07, 6.45) is 2.11. The van der Waals surface area contributed by atoms with Gasteiger partial charge in [0.25, 0.3) is 0 Å². The number of methoxy groups -OCH3 is 1. The summed E-state index contributed by atoms with van der Waals surface area (Å²) in [5.41, 5.74) is 2.38. The summed E-state index contributed by atoms with van der Waals surface area (Å²) in [7, 11) is 1.72. The third-order valence-electron chi connectivity index (χ3n) is 1.87. The molecule has 0 aromatic heterocycles. The van der Waals surface area contributed by atoms with Crippen molar-refractivity contribution in [3.63, 3.8) is 0 Å². The van der Waals surface area contributed by atoms with E-state index in [-0.39, 0.29) is 0 Å². The van der Waals surface area contributed by atoms with E-state index in [0.29, 0.717) is 6.61 Å². The number of thioether (sulfide) groups is 1. The highest BCUT2D eigenvalue weighted by atomic mass is 32.2. The van der Waals surface area contributed by atoms with Crippen LogP contribution in [0.2, 0.25) is 0 Å². The predicted octanol–water partition coefficient (Wildman–Crippen LogP) is 2.61. The zero-order valence-corrected chi connectivity index (χ0v) is 9.56. The van der Waals surface area contributed by atoms with E-state index in [1.807, 2.05) is 11.8 Å². The molecule has 0 radical (unpaired) electrons. The zero-order chi connectivity index (χ0) is 10.2. The summed E-state index contributed by atoms with van der Waals surface area (Å²) in [6.45, 7) is 1.69. The van der Waals surface area contributed by atoms with Gasteiger partial charge in [-0.1, -0.05) is 12.1 Å². The maximum atomic E-state index is 5.08. The van der Waals surface area contributed by atoms with Crippen LogP contribution in [0.15, 0.2) is 24.3 Å². The average Bonchev–Trinajstić information content (AvgIpc) is 2.19. The van der Waals surface area contributed by atoms with Crippen LogP contribution in [0.4, 0.5) is 5.69 Å². The van der Waals surface area contributed by atoms with Gasteiger partial charge in [-0.2, -0.15) is 11.8 Å². The molecular formula is C11H17NOS. The lowest BCUT2D eigenvalue weighted by molar-refractivity contribution is 0.185. The predicted molar refractivity (Wildman–Crippen MR) is 64.0 cm³/mol. The molecule has 1 N–H and O–H groups in total. The number of anilines is 1. The van der Waals surface area contributed by atoms with Gasteiger partial charge in [-0.05, 0) is 24.0 Å². The van der Waals surface area contributed by atoms with Gasteiger partial charge in [0, 0.05) is 25.1 Å². The molecule has 1 rings (SSSR count). The number of nitrogens with one attached hydrogen (secondary N) is 1. The molecule has 2 nitrogen and oxygen atoms in total. The highest BCUT2D eigenvalue weighted by Crippen LogP contribution is 2.11. The van der Waals surface area contributed by atoms with E-state index >= 15 is 0 Å². The van der Waals surface area contributed by atoms with Crippen molar-refractivity contribution in [2.24, 2.45) is 0 Å². The largest absolute Gasteiger partial charge is 0.384 e. The van der Waals surface area contributed by atoms with Gasteiger partial charge in [0.2, 0.25) is 0 Å². The molecule has 0 saturated carbocycles. The van der Waals surface area contributed by atoms with Crippen LogP contribution in [0, 0.1) is 0 Å². The van der Waals surface area contributed by atoms with Crippen molar-refractivity contribution < 1.29 is 4.74 Å². The van der Waals surface area contributed by atoms with E-state index in [9.17, 15) is 0 Å². The van der Waals surface area contributed by atoms with Crippen molar-refractivity contribution in [2.75, 3.05) is 31.0 Å². The molecule has 0 atom stereocenters. The molecule has 0 unspecified atom stereocenters. The molecule has 0 spiro atoms. The lowest BCUT2D eigenvalue weighted by Gasteiger charge is -2.07. The highest BCUT2D eigenvalue weighted by molar-refractivity contribution is 7.98. The first-order valence-electron chi connectivity index (χ1n) is 4.67. The fraction of sp³-hybridized carbons (Fsp3) is 0.455. The maximum Gasteiger partial charge on any atom is 0.0713 e. The molecule has 3 heteroatoms. The van der Waals surface area contributed by atoms with Crippen LogP contribution in [0.1, 0.15) is 5.56 Å². The van der Waals surface area contributed by atoms with Crippen molar-refractivity contribution in [2.45, 2.75) is 6.61 Å². The monoisotopic (exact) mass is 211 g/mol. The Morgan fingerprint density at radius 1 is 1.43 bits per heavy atom. The van der Waals surface area contributed by atoms with Crippen LogP contribution in [0.3, 0.4) is 0 Å². The van der Waals surface area contributed by atoms with E-state index in [1.54, 1.807) is 7.11 Å². The second-order valence-electron chi connectivity index (χ2n) is 3.05. The number of hydrogen-bond donors (Lipinski definition) is 1. The Morgan fingerprint density at radius 2 is 2.29 bits per heavy atom. The summed E-state index contributed by atoms with van der Waals surface area (Å²) in [5, 5.41) is 3.37. The number of hydrogen-bond acceptors (Lipinski definition) is 3. The molecule has 0 aliphatic rings. The summed E-state index contributed by atoms with van der Waals surface area (Å²) >= 11 is 1.85. The van der Waals surface area contributed by atoms with Crippen molar-refractivity contribution in [3.05, 3.63) is 29.8 Å². The van der Waals surface area contributed by atoms with Crippen molar-refractivity contribution in [1.29, 1.82) is 0 Å². The van der Waals surface area contributed by atoms with Gasteiger partial charge in [0.15, 0.2) is 0 Å². The molecular weight excluding hydrogens is 194 g/mol. The molecule has 14 heavy (non-hydrogen) atoms. The van der Waals surface area contributed by atoms with Gasteiger partial charge < -0.3 is 10.1 Å². The Balaban J connectivity index is 2.46. The van der Waals surface area contributed by atoms with E-state index in [4.69, 9.17) is 4.74 Å². The molecule has 1 aromatic carbocycles. The fourth-order valence-corrected chi connectivity index (χ4v) is 1.54. The minimum Gasteiger partial charge on any atom is -0.384 e. The minimum atomic E-state index is 0.679. The first-order valence-corrected chi connectivity index (χ1v) is 6.07. The second kappa shape index (κ2) is 6.74. The average molecular weight is 211 g/mol. The Morgan fingerprint density at radius 3 is 3.00 bits per heavy atom. The molecule has 0 aliphatic heterocycles.